The molecule has 1 aromatic carbocycles. The summed E-state index contributed by atoms with van der Waals surface area (Å²) in [4.78, 5) is 34.4. The molecule has 4 rings (SSSR count). The van der Waals surface area contributed by atoms with Crippen molar-refractivity contribution in [3.8, 4) is 5.82 Å². The summed E-state index contributed by atoms with van der Waals surface area (Å²) in [7, 11) is 0. The van der Waals surface area contributed by atoms with Crippen molar-refractivity contribution >= 4 is 34.0 Å². The number of rotatable bonds is 6. The van der Waals surface area contributed by atoms with Gasteiger partial charge in [0.1, 0.15) is 12.4 Å². The summed E-state index contributed by atoms with van der Waals surface area (Å²) in [6.45, 7) is 5.05. The van der Waals surface area contributed by atoms with Crippen molar-refractivity contribution in [1.82, 2.24) is 19.7 Å². The molecule has 0 unspecified atom stereocenters. The maximum Gasteiger partial charge on any atom is 0.340 e. The average molecular weight is 466 g/mol. The van der Waals surface area contributed by atoms with Crippen LogP contribution in [0.1, 0.15) is 34.4 Å². The van der Waals surface area contributed by atoms with Crippen LogP contribution in [0, 0.1) is 19.7 Å². The molecule has 8 nitrogen and oxygen atoms in total. The van der Waals surface area contributed by atoms with Crippen LogP contribution in [0.25, 0.3) is 5.82 Å². The van der Waals surface area contributed by atoms with E-state index in [2.05, 4.69) is 15.1 Å². The van der Waals surface area contributed by atoms with Gasteiger partial charge >= 0.3 is 5.97 Å². The summed E-state index contributed by atoms with van der Waals surface area (Å²) >= 11 is 1.15. The van der Waals surface area contributed by atoms with Gasteiger partial charge < -0.3 is 4.74 Å². The second-order valence-corrected chi connectivity index (χ2v) is 8.08. The second-order valence-electron chi connectivity index (χ2n) is 7.25. The lowest BCUT2D eigenvalue weighted by molar-refractivity contribution is -0.115. The van der Waals surface area contributed by atoms with Crippen molar-refractivity contribution in [1.29, 1.82) is 0 Å². The third-order valence-electron chi connectivity index (χ3n) is 4.70. The average Bonchev–Trinajstić information content (AvgIpc) is 3.39. The van der Waals surface area contributed by atoms with Crippen LogP contribution in [0.5, 0.6) is 0 Å². The molecule has 4 aromatic rings. The van der Waals surface area contributed by atoms with Crippen LogP contribution < -0.4 is 4.90 Å². The Bertz CT molecular complexity index is 1320. The molecule has 3 aromatic heterocycles. The highest BCUT2D eigenvalue weighted by Crippen LogP contribution is 2.30. The number of thiazole rings is 1. The van der Waals surface area contributed by atoms with Crippen molar-refractivity contribution in [2.75, 3.05) is 4.90 Å². The predicted molar refractivity (Wildman–Crippen MR) is 121 cm³/mol. The number of ether oxygens (including phenoxy) is 1. The SMILES string of the molecule is CC(=O)N(c1nc(COC(=O)c2ccc(-n3nc(C)cc3C)nc2)cs1)c1ccccc1F. The number of nitrogens with zero attached hydrogens (tertiary/aromatic N) is 5. The Kier molecular flexibility index (Phi) is 6.27. The third-order valence-corrected chi connectivity index (χ3v) is 5.58. The van der Waals surface area contributed by atoms with E-state index in [0.29, 0.717) is 11.5 Å². The van der Waals surface area contributed by atoms with Crippen molar-refractivity contribution in [3.63, 3.8) is 0 Å². The number of esters is 1. The Labute approximate surface area is 193 Å². The Morgan fingerprint density at radius 2 is 1.97 bits per heavy atom. The number of benzene rings is 1. The van der Waals surface area contributed by atoms with Crippen LogP contribution in [-0.2, 0) is 16.1 Å². The molecule has 0 bridgehead atoms. The minimum absolute atomic E-state index is 0.0996. The molecule has 0 spiro atoms. The van der Waals surface area contributed by atoms with Crippen molar-refractivity contribution in [2.45, 2.75) is 27.4 Å². The Morgan fingerprint density at radius 3 is 2.61 bits per heavy atom. The van der Waals surface area contributed by atoms with E-state index in [1.54, 1.807) is 34.3 Å². The van der Waals surface area contributed by atoms with Gasteiger partial charge in [-0.15, -0.1) is 11.3 Å². The molecule has 3 heterocycles. The number of para-hydroxylation sites is 1. The van der Waals surface area contributed by atoms with E-state index < -0.39 is 11.8 Å². The van der Waals surface area contributed by atoms with Crippen molar-refractivity contribution < 1.29 is 18.7 Å². The zero-order chi connectivity index (χ0) is 23.5. The molecule has 0 aliphatic carbocycles. The van der Waals surface area contributed by atoms with E-state index in [0.717, 1.165) is 22.7 Å². The highest BCUT2D eigenvalue weighted by molar-refractivity contribution is 7.14. The van der Waals surface area contributed by atoms with E-state index >= 15 is 0 Å². The summed E-state index contributed by atoms with van der Waals surface area (Å²) in [6.07, 6.45) is 1.43. The zero-order valence-corrected chi connectivity index (χ0v) is 19.0. The molecule has 0 radical (unpaired) electrons. The molecular weight excluding hydrogens is 445 g/mol. The lowest BCUT2D eigenvalue weighted by Gasteiger charge is -2.18. The molecule has 0 atom stereocenters. The minimum atomic E-state index is -0.561. The van der Waals surface area contributed by atoms with Gasteiger partial charge in [-0.2, -0.15) is 5.10 Å². The van der Waals surface area contributed by atoms with Gasteiger partial charge in [-0.1, -0.05) is 12.1 Å². The molecule has 0 saturated carbocycles. The molecule has 1 amide bonds. The molecule has 0 aliphatic heterocycles. The van der Waals surface area contributed by atoms with E-state index in [1.165, 1.54) is 30.2 Å². The fourth-order valence-corrected chi connectivity index (χ4v) is 4.09. The molecule has 10 heteroatoms. The number of aromatic nitrogens is 4. The first-order valence-corrected chi connectivity index (χ1v) is 10.9. The normalized spacial score (nSPS) is 10.8. The van der Waals surface area contributed by atoms with E-state index in [4.69, 9.17) is 4.74 Å². The number of amides is 1. The Morgan fingerprint density at radius 1 is 1.18 bits per heavy atom. The van der Waals surface area contributed by atoms with Gasteiger partial charge in [-0.05, 0) is 44.2 Å². The monoisotopic (exact) mass is 465 g/mol. The molecule has 0 fully saturated rings. The molecule has 0 aliphatic rings. The van der Waals surface area contributed by atoms with Crippen LogP contribution >= 0.6 is 11.3 Å². The minimum Gasteiger partial charge on any atom is -0.456 e. The first kappa shape index (κ1) is 22.3. The fraction of sp³-hybridized carbons (Fsp3) is 0.174. The largest absolute Gasteiger partial charge is 0.456 e. The fourth-order valence-electron chi connectivity index (χ4n) is 3.22. The zero-order valence-electron chi connectivity index (χ0n) is 18.2. The summed E-state index contributed by atoms with van der Waals surface area (Å²) in [6, 6.07) is 11.2. The van der Waals surface area contributed by atoms with Gasteiger partial charge in [-0.25, -0.2) is 23.8 Å². The number of pyridine rings is 1. The van der Waals surface area contributed by atoms with E-state index in [-0.39, 0.29) is 28.9 Å². The second kappa shape index (κ2) is 9.29. The van der Waals surface area contributed by atoms with E-state index in [1.807, 2.05) is 19.9 Å². The number of halogens is 1. The topological polar surface area (TPSA) is 90.2 Å². The number of hydrogen-bond acceptors (Lipinski definition) is 7. The van der Waals surface area contributed by atoms with Crippen LogP contribution in [0.15, 0.2) is 54.0 Å². The van der Waals surface area contributed by atoms with Crippen LogP contribution in [0.3, 0.4) is 0 Å². The lowest BCUT2D eigenvalue weighted by Crippen LogP contribution is -2.23. The van der Waals surface area contributed by atoms with Crippen LogP contribution in [-0.4, -0.2) is 31.6 Å². The number of carbonyl (C=O) groups excluding carboxylic acids is 2. The maximum absolute atomic E-state index is 14.2. The summed E-state index contributed by atoms with van der Waals surface area (Å²) < 4.78 is 21.2. The van der Waals surface area contributed by atoms with Gasteiger partial charge in [0, 0.05) is 24.2 Å². The smallest absolute Gasteiger partial charge is 0.340 e. The maximum atomic E-state index is 14.2. The Balaban J connectivity index is 1.44. The number of aryl methyl sites for hydroxylation is 2. The van der Waals surface area contributed by atoms with Crippen LogP contribution in [0.4, 0.5) is 15.2 Å². The van der Waals surface area contributed by atoms with Crippen LogP contribution in [0.2, 0.25) is 0 Å². The standard InChI is InChI=1S/C23H20FN5O3S/c1-14-10-15(2)29(27-14)21-9-8-17(11-25-21)22(31)32-12-18-13-33-23(26-18)28(16(3)30)20-7-5-4-6-19(20)24/h4-11,13H,12H2,1-3H3. The first-order chi connectivity index (χ1) is 15.8. The summed E-state index contributed by atoms with van der Waals surface area (Å²) in [5, 5.41) is 6.31. The van der Waals surface area contributed by atoms with Gasteiger partial charge in [0.2, 0.25) is 5.91 Å². The predicted octanol–water partition coefficient (Wildman–Crippen LogP) is 4.52. The molecule has 0 N–H and O–H groups in total. The van der Waals surface area contributed by atoms with Gasteiger partial charge in [0.15, 0.2) is 10.9 Å². The molecule has 0 saturated heterocycles. The summed E-state index contributed by atoms with van der Waals surface area (Å²) in [5.41, 5.74) is 2.64. The van der Waals surface area contributed by atoms with Gasteiger partial charge in [0.25, 0.3) is 0 Å². The number of anilines is 2. The third kappa shape index (κ3) is 4.80. The van der Waals surface area contributed by atoms with Crippen molar-refractivity contribution in [3.05, 3.63) is 82.5 Å². The molecule has 168 valence electrons. The van der Waals surface area contributed by atoms with E-state index in [9.17, 15) is 14.0 Å². The Hall–Kier alpha value is -3.92. The molecular formula is C23H20FN5O3S. The number of carbonyl (C=O) groups is 2. The van der Waals surface area contributed by atoms with Gasteiger partial charge in [-0.3, -0.25) is 9.69 Å². The highest BCUT2D eigenvalue weighted by atomic mass is 32.1. The molecule has 33 heavy (non-hydrogen) atoms. The summed E-state index contributed by atoms with van der Waals surface area (Å²) in [5.74, 6) is -0.882. The van der Waals surface area contributed by atoms with Crippen molar-refractivity contribution in [2.24, 2.45) is 0 Å². The number of hydrogen-bond donors (Lipinski definition) is 0. The highest BCUT2D eigenvalue weighted by Gasteiger charge is 2.21. The first-order valence-electron chi connectivity index (χ1n) is 10.00. The quantitative estimate of drug-likeness (QED) is 0.389. The van der Waals surface area contributed by atoms with Gasteiger partial charge in [0.05, 0.1) is 22.6 Å². The lowest BCUT2D eigenvalue weighted by atomic mass is 10.3.